The molecule has 0 aliphatic rings. The minimum atomic E-state index is -4.05. The van der Waals surface area contributed by atoms with Crippen molar-refractivity contribution in [2.75, 3.05) is 12.8 Å². The maximum absolute atomic E-state index is 11.7. The second kappa shape index (κ2) is 11.2. The number of hydrogen-bond donors (Lipinski definition) is 1. The monoisotopic (exact) mass is 335 g/mol. The Kier molecular flexibility index (Phi) is 11.0. The molecule has 0 rings (SSSR count). The summed E-state index contributed by atoms with van der Waals surface area (Å²) in [6.07, 6.45) is 8.31. The quantitative estimate of drug-likeness (QED) is 0.315. The number of carbonyl (C=O) groups excluding carboxylic acids is 1. The van der Waals surface area contributed by atoms with Crippen LogP contribution in [0.3, 0.4) is 0 Å². The van der Waals surface area contributed by atoms with Gasteiger partial charge in [-0.15, -0.1) is 0 Å². The first kappa shape index (κ1) is 21.6. The Labute approximate surface area is 135 Å². The van der Waals surface area contributed by atoms with Crippen molar-refractivity contribution in [1.82, 2.24) is 0 Å². The van der Waals surface area contributed by atoms with E-state index in [1.807, 2.05) is 20.8 Å². The Morgan fingerprint density at radius 2 is 1.50 bits per heavy atom. The third-order valence-electron chi connectivity index (χ3n) is 4.00. The van der Waals surface area contributed by atoms with Gasteiger partial charge in [0.15, 0.2) is 0 Å². The second-order valence-corrected chi connectivity index (χ2v) is 8.28. The van der Waals surface area contributed by atoms with Crippen LogP contribution in [0.25, 0.3) is 0 Å². The van der Waals surface area contributed by atoms with E-state index in [1.165, 1.54) is 0 Å². The van der Waals surface area contributed by atoms with Crippen LogP contribution < -0.4 is 4.89 Å². The van der Waals surface area contributed by atoms with Crippen molar-refractivity contribution in [2.45, 2.75) is 78.6 Å². The summed E-state index contributed by atoms with van der Waals surface area (Å²) in [4.78, 5) is 30.9. The molecule has 0 spiro atoms. The molecular weight excluding hydrogens is 303 g/mol. The molecule has 22 heavy (non-hydrogen) atoms. The van der Waals surface area contributed by atoms with Crippen LogP contribution in [0.2, 0.25) is 0 Å². The lowest BCUT2D eigenvalue weighted by Gasteiger charge is -2.20. The minimum Gasteiger partial charge on any atom is -0.779 e. The molecule has 0 saturated carbocycles. The van der Waals surface area contributed by atoms with Gasteiger partial charge in [0.05, 0.1) is 12.0 Å². The van der Waals surface area contributed by atoms with Gasteiger partial charge < -0.3 is 19.1 Å². The Bertz CT molecular complexity index is 348. The SMILES string of the molecule is CCC(C)(C)C(=O)OCCCCCCCCCCP(=O)([O-])O. The lowest BCUT2D eigenvalue weighted by molar-refractivity contribution is -0.193. The van der Waals surface area contributed by atoms with Gasteiger partial charge in [0.25, 0.3) is 0 Å². The third-order valence-corrected chi connectivity index (χ3v) is 4.89. The predicted molar refractivity (Wildman–Crippen MR) is 86.7 cm³/mol. The molecule has 1 unspecified atom stereocenters. The summed E-state index contributed by atoms with van der Waals surface area (Å²) in [7, 11) is -4.05. The summed E-state index contributed by atoms with van der Waals surface area (Å²) in [5.41, 5.74) is -0.386. The van der Waals surface area contributed by atoms with Gasteiger partial charge in [-0.05, 0) is 33.1 Å². The van der Waals surface area contributed by atoms with E-state index in [-0.39, 0.29) is 17.5 Å². The highest BCUT2D eigenvalue weighted by atomic mass is 31.2. The van der Waals surface area contributed by atoms with Crippen LogP contribution >= 0.6 is 7.60 Å². The van der Waals surface area contributed by atoms with Crippen molar-refractivity contribution in [3.63, 3.8) is 0 Å². The fourth-order valence-corrected chi connectivity index (χ4v) is 2.60. The first-order valence-corrected chi connectivity index (χ1v) is 10.2. The molecule has 0 saturated heterocycles. The predicted octanol–water partition coefficient (Wildman–Crippen LogP) is 3.63. The molecule has 0 fully saturated rings. The van der Waals surface area contributed by atoms with E-state index < -0.39 is 7.60 Å². The molecule has 132 valence electrons. The summed E-state index contributed by atoms with van der Waals surface area (Å²) < 4.78 is 15.8. The Morgan fingerprint density at radius 3 is 1.95 bits per heavy atom. The number of hydrogen-bond acceptors (Lipinski definition) is 4. The molecule has 1 atom stereocenters. The van der Waals surface area contributed by atoms with Gasteiger partial charge in [0, 0.05) is 6.16 Å². The first-order chi connectivity index (χ1) is 10.2. The number of unbranched alkanes of at least 4 members (excludes halogenated alkanes) is 7. The molecule has 0 radical (unpaired) electrons. The van der Waals surface area contributed by atoms with Crippen LogP contribution in [0.4, 0.5) is 0 Å². The maximum atomic E-state index is 11.7. The summed E-state index contributed by atoms with van der Waals surface area (Å²) in [5.74, 6) is -0.116. The van der Waals surface area contributed by atoms with Crippen molar-refractivity contribution in [2.24, 2.45) is 5.41 Å². The average molecular weight is 335 g/mol. The van der Waals surface area contributed by atoms with Crippen LogP contribution in [-0.4, -0.2) is 23.6 Å². The molecule has 0 heterocycles. The minimum absolute atomic E-state index is 0.105. The second-order valence-electron chi connectivity index (χ2n) is 6.56. The number of ether oxygens (including phenoxy) is 1. The van der Waals surface area contributed by atoms with Crippen LogP contribution in [0, 0.1) is 5.41 Å². The van der Waals surface area contributed by atoms with Crippen molar-refractivity contribution < 1.29 is 23.9 Å². The molecule has 5 nitrogen and oxygen atoms in total. The highest BCUT2D eigenvalue weighted by Crippen LogP contribution is 2.30. The molecular formula is C16H32O5P-. The van der Waals surface area contributed by atoms with Crippen molar-refractivity contribution >= 4 is 13.6 Å². The van der Waals surface area contributed by atoms with Crippen LogP contribution in [-0.2, 0) is 14.1 Å². The van der Waals surface area contributed by atoms with E-state index in [2.05, 4.69) is 0 Å². The fourth-order valence-electron chi connectivity index (χ4n) is 1.98. The summed E-state index contributed by atoms with van der Waals surface area (Å²) in [6.45, 7) is 6.28. The molecule has 0 aromatic carbocycles. The molecule has 0 aliphatic heterocycles. The Balaban J connectivity index is 3.34. The van der Waals surface area contributed by atoms with Gasteiger partial charge in [0.2, 0.25) is 0 Å². The number of rotatable bonds is 13. The Morgan fingerprint density at radius 1 is 1.05 bits per heavy atom. The fraction of sp³-hybridized carbons (Fsp3) is 0.938. The summed E-state index contributed by atoms with van der Waals surface area (Å²) in [5, 5.41) is 0. The normalized spacial score (nSPS) is 14.6. The molecule has 0 bridgehead atoms. The van der Waals surface area contributed by atoms with Crippen LogP contribution in [0.1, 0.15) is 78.6 Å². The van der Waals surface area contributed by atoms with E-state index in [9.17, 15) is 14.3 Å². The van der Waals surface area contributed by atoms with Gasteiger partial charge in [-0.1, -0.05) is 45.4 Å². The standard InChI is InChI=1S/C16H33O5P/c1-4-16(2,3)15(17)21-13-11-9-7-5-6-8-10-12-14-22(18,19)20/h4-14H2,1-3H3,(H2,18,19,20)/p-1. The van der Waals surface area contributed by atoms with E-state index in [0.717, 1.165) is 51.4 Å². The summed E-state index contributed by atoms with van der Waals surface area (Å²) >= 11 is 0. The van der Waals surface area contributed by atoms with Crippen molar-refractivity contribution in [1.29, 1.82) is 0 Å². The van der Waals surface area contributed by atoms with E-state index >= 15 is 0 Å². The smallest absolute Gasteiger partial charge is 0.311 e. The first-order valence-electron chi connectivity index (χ1n) is 8.39. The number of esters is 1. The third kappa shape index (κ3) is 12.2. The summed E-state index contributed by atoms with van der Waals surface area (Å²) in [6, 6.07) is 0. The highest BCUT2D eigenvalue weighted by molar-refractivity contribution is 7.50. The van der Waals surface area contributed by atoms with E-state index in [0.29, 0.717) is 13.0 Å². The van der Waals surface area contributed by atoms with Crippen LogP contribution in [0.15, 0.2) is 0 Å². The average Bonchev–Trinajstić information content (AvgIpc) is 2.43. The van der Waals surface area contributed by atoms with Crippen molar-refractivity contribution in [3.05, 3.63) is 0 Å². The van der Waals surface area contributed by atoms with Crippen LogP contribution in [0.5, 0.6) is 0 Å². The highest BCUT2D eigenvalue weighted by Gasteiger charge is 2.26. The van der Waals surface area contributed by atoms with Gasteiger partial charge in [-0.2, -0.15) is 0 Å². The zero-order chi connectivity index (χ0) is 17.1. The van der Waals surface area contributed by atoms with E-state index in [4.69, 9.17) is 9.63 Å². The molecule has 0 aliphatic carbocycles. The van der Waals surface area contributed by atoms with Crippen molar-refractivity contribution in [3.8, 4) is 0 Å². The molecule has 0 amide bonds. The number of carbonyl (C=O) groups is 1. The molecule has 6 heteroatoms. The van der Waals surface area contributed by atoms with Gasteiger partial charge in [-0.25, -0.2) is 0 Å². The zero-order valence-electron chi connectivity index (χ0n) is 14.3. The van der Waals surface area contributed by atoms with Gasteiger partial charge in [0.1, 0.15) is 7.60 Å². The lowest BCUT2D eigenvalue weighted by Crippen LogP contribution is -2.26. The Hall–Kier alpha value is -0.380. The molecule has 1 N–H and O–H groups in total. The molecule has 0 aromatic rings. The van der Waals surface area contributed by atoms with Gasteiger partial charge >= 0.3 is 5.97 Å². The topological polar surface area (TPSA) is 86.7 Å². The maximum Gasteiger partial charge on any atom is 0.311 e. The lowest BCUT2D eigenvalue weighted by atomic mass is 9.91. The largest absolute Gasteiger partial charge is 0.779 e. The van der Waals surface area contributed by atoms with Gasteiger partial charge in [-0.3, -0.25) is 4.79 Å². The van der Waals surface area contributed by atoms with E-state index in [1.54, 1.807) is 0 Å². The zero-order valence-corrected chi connectivity index (χ0v) is 15.2. The molecule has 0 aromatic heterocycles.